The maximum absolute atomic E-state index is 12.3. The predicted octanol–water partition coefficient (Wildman–Crippen LogP) is 0.347. The highest BCUT2D eigenvalue weighted by Gasteiger charge is 2.19. The van der Waals surface area contributed by atoms with Gasteiger partial charge in [0.1, 0.15) is 16.4 Å². The van der Waals surface area contributed by atoms with Crippen molar-refractivity contribution >= 4 is 26.9 Å². The van der Waals surface area contributed by atoms with E-state index in [1.807, 2.05) is 0 Å². The van der Waals surface area contributed by atoms with Gasteiger partial charge in [0, 0.05) is 29.9 Å². The van der Waals surface area contributed by atoms with Crippen molar-refractivity contribution in [3.05, 3.63) is 36.3 Å². The Labute approximate surface area is 114 Å². The zero-order valence-electron chi connectivity index (χ0n) is 10.3. The number of hydrogen-bond acceptors (Lipinski definition) is 5. The van der Waals surface area contributed by atoms with Gasteiger partial charge in [-0.1, -0.05) is 0 Å². The van der Waals surface area contributed by atoms with E-state index in [9.17, 15) is 8.42 Å². The number of nitrogens with zero attached hydrogens (tertiary/aromatic N) is 2. The number of anilines is 1. The van der Waals surface area contributed by atoms with Crippen LogP contribution in [-0.4, -0.2) is 28.6 Å². The van der Waals surface area contributed by atoms with Gasteiger partial charge in [-0.15, -0.1) is 0 Å². The first-order chi connectivity index (χ1) is 9.58. The third-order valence-corrected chi connectivity index (χ3v) is 4.35. The van der Waals surface area contributed by atoms with E-state index in [1.165, 1.54) is 12.4 Å². The number of H-pyrrole nitrogens is 2. The number of nitrogens with two attached hydrogens (primary N) is 1. The first kappa shape index (κ1) is 12.6. The summed E-state index contributed by atoms with van der Waals surface area (Å²) in [7, 11) is -3.65. The number of aromatic amines is 2. The van der Waals surface area contributed by atoms with E-state index in [4.69, 9.17) is 5.73 Å². The molecule has 104 valence electrons. The van der Waals surface area contributed by atoms with E-state index in [1.54, 1.807) is 18.3 Å². The van der Waals surface area contributed by atoms with Crippen LogP contribution in [0.5, 0.6) is 0 Å². The van der Waals surface area contributed by atoms with Crippen LogP contribution >= 0.6 is 0 Å². The number of hydrogen-bond donors (Lipinski definition) is 4. The molecule has 0 saturated heterocycles. The number of nitrogens with one attached hydrogen (secondary N) is 3. The lowest BCUT2D eigenvalue weighted by Gasteiger charge is -2.04. The smallest absolute Gasteiger partial charge is 0.243 e. The third kappa shape index (κ3) is 2.12. The van der Waals surface area contributed by atoms with Gasteiger partial charge in [-0.05, 0) is 12.1 Å². The fraction of sp³-hybridized carbons (Fsp3) is 0.0909. The molecule has 3 aromatic heterocycles. The van der Waals surface area contributed by atoms with Crippen molar-refractivity contribution in [3.8, 4) is 0 Å². The molecule has 0 aliphatic carbocycles. The molecule has 0 bridgehead atoms. The molecule has 3 rings (SSSR count). The molecule has 0 saturated carbocycles. The maximum Gasteiger partial charge on any atom is 0.243 e. The van der Waals surface area contributed by atoms with E-state index in [0.717, 1.165) is 0 Å². The second-order valence-electron chi connectivity index (χ2n) is 4.19. The molecule has 20 heavy (non-hydrogen) atoms. The molecular formula is C11H12N6O2S. The van der Waals surface area contributed by atoms with Gasteiger partial charge < -0.3 is 10.7 Å². The van der Waals surface area contributed by atoms with Crippen LogP contribution in [0.3, 0.4) is 0 Å². The lowest BCUT2D eigenvalue weighted by molar-refractivity contribution is 0.582. The first-order valence-corrected chi connectivity index (χ1v) is 7.26. The average molecular weight is 292 g/mol. The topological polar surface area (TPSA) is 130 Å². The van der Waals surface area contributed by atoms with Gasteiger partial charge in [-0.25, -0.2) is 18.1 Å². The van der Waals surface area contributed by atoms with Crippen LogP contribution in [0, 0.1) is 0 Å². The molecule has 0 spiro atoms. The van der Waals surface area contributed by atoms with Gasteiger partial charge >= 0.3 is 0 Å². The third-order valence-electron chi connectivity index (χ3n) is 2.91. The summed E-state index contributed by atoms with van der Waals surface area (Å²) in [6.45, 7) is 0.0671. The van der Waals surface area contributed by atoms with E-state index in [-0.39, 0.29) is 11.4 Å². The van der Waals surface area contributed by atoms with Crippen molar-refractivity contribution < 1.29 is 8.42 Å². The fourth-order valence-electron chi connectivity index (χ4n) is 1.87. The molecular weight excluding hydrogens is 280 g/mol. The van der Waals surface area contributed by atoms with Gasteiger partial charge in [0.25, 0.3) is 0 Å². The normalized spacial score (nSPS) is 12.0. The van der Waals surface area contributed by atoms with Crippen molar-refractivity contribution in [2.24, 2.45) is 0 Å². The summed E-state index contributed by atoms with van der Waals surface area (Å²) in [6.07, 6.45) is 4.49. The molecule has 8 nitrogen and oxygen atoms in total. The van der Waals surface area contributed by atoms with Gasteiger partial charge in [-0.2, -0.15) is 5.10 Å². The number of aromatic nitrogens is 4. The fourth-order valence-corrected chi connectivity index (χ4v) is 3.03. The first-order valence-electron chi connectivity index (χ1n) is 5.77. The Bertz CT molecular complexity index is 851. The Balaban J connectivity index is 1.90. The summed E-state index contributed by atoms with van der Waals surface area (Å²) in [6, 6.07) is 3.38. The minimum atomic E-state index is -3.65. The lowest BCUT2D eigenvalue weighted by Crippen LogP contribution is -2.23. The quantitative estimate of drug-likeness (QED) is 0.551. The summed E-state index contributed by atoms with van der Waals surface area (Å²) in [5.74, 6) is 0.341. The standard InChI is InChI=1S/C11H12N6O2S/c12-10-7(4-15-17-10)5-16-20(18,19)9-6-14-11-8(9)2-1-3-13-11/h1-4,6,16H,5H2,(H,13,14)(H3,12,15,17). The van der Waals surface area contributed by atoms with Crippen molar-refractivity contribution in [1.29, 1.82) is 0 Å². The highest BCUT2D eigenvalue weighted by Crippen LogP contribution is 2.20. The SMILES string of the molecule is Nc1[nH]ncc1CNS(=O)(=O)c1c[nH]c2ncccc12. The predicted molar refractivity (Wildman–Crippen MR) is 73.1 cm³/mol. The molecule has 3 aromatic rings. The van der Waals surface area contributed by atoms with E-state index < -0.39 is 10.0 Å². The summed E-state index contributed by atoms with van der Waals surface area (Å²) < 4.78 is 27.0. The monoisotopic (exact) mass is 292 g/mol. The van der Waals surface area contributed by atoms with Crippen LogP contribution in [0.1, 0.15) is 5.56 Å². The van der Waals surface area contributed by atoms with Crippen LogP contribution in [0.15, 0.2) is 35.6 Å². The number of fused-ring (bicyclic) bond motifs is 1. The van der Waals surface area contributed by atoms with E-state index >= 15 is 0 Å². The zero-order valence-corrected chi connectivity index (χ0v) is 11.1. The molecule has 0 unspecified atom stereocenters. The summed E-state index contributed by atoms with van der Waals surface area (Å²) in [5.41, 5.74) is 6.72. The highest BCUT2D eigenvalue weighted by molar-refractivity contribution is 7.89. The van der Waals surface area contributed by atoms with Crippen molar-refractivity contribution in [1.82, 2.24) is 24.9 Å². The van der Waals surface area contributed by atoms with Gasteiger partial charge in [0.15, 0.2) is 0 Å². The Morgan fingerprint density at radius 2 is 2.25 bits per heavy atom. The Hall–Kier alpha value is -2.39. The lowest BCUT2D eigenvalue weighted by atomic mass is 10.3. The Morgan fingerprint density at radius 1 is 1.40 bits per heavy atom. The summed E-state index contributed by atoms with van der Waals surface area (Å²) in [4.78, 5) is 7.04. The maximum atomic E-state index is 12.3. The molecule has 0 aromatic carbocycles. The van der Waals surface area contributed by atoms with Gasteiger partial charge in [0.2, 0.25) is 10.0 Å². The highest BCUT2D eigenvalue weighted by atomic mass is 32.2. The number of rotatable bonds is 4. The number of sulfonamides is 1. The largest absolute Gasteiger partial charge is 0.384 e. The minimum absolute atomic E-state index is 0.0671. The van der Waals surface area contributed by atoms with E-state index in [0.29, 0.717) is 22.4 Å². The number of nitrogen functional groups attached to an aromatic ring is 1. The van der Waals surface area contributed by atoms with Crippen LogP contribution in [0.2, 0.25) is 0 Å². The summed E-state index contributed by atoms with van der Waals surface area (Å²) >= 11 is 0. The molecule has 3 heterocycles. The molecule has 5 N–H and O–H groups in total. The Morgan fingerprint density at radius 3 is 3.00 bits per heavy atom. The van der Waals surface area contributed by atoms with Crippen molar-refractivity contribution in [2.45, 2.75) is 11.4 Å². The molecule has 0 aliphatic heterocycles. The number of pyridine rings is 1. The van der Waals surface area contributed by atoms with Gasteiger partial charge in [-0.3, -0.25) is 5.10 Å². The van der Waals surface area contributed by atoms with Crippen LogP contribution < -0.4 is 10.5 Å². The van der Waals surface area contributed by atoms with Crippen LogP contribution in [0.25, 0.3) is 11.0 Å². The molecule has 0 atom stereocenters. The molecule has 0 aliphatic rings. The van der Waals surface area contributed by atoms with Crippen LogP contribution in [0.4, 0.5) is 5.82 Å². The zero-order chi connectivity index (χ0) is 14.2. The minimum Gasteiger partial charge on any atom is -0.384 e. The average Bonchev–Trinajstić information content (AvgIpc) is 3.03. The van der Waals surface area contributed by atoms with Crippen molar-refractivity contribution in [2.75, 3.05) is 5.73 Å². The van der Waals surface area contributed by atoms with Crippen LogP contribution in [-0.2, 0) is 16.6 Å². The second kappa shape index (κ2) is 4.62. The Kier molecular flexibility index (Phi) is 2.92. The summed E-state index contributed by atoms with van der Waals surface area (Å²) in [5, 5.41) is 6.82. The molecule has 0 radical (unpaired) electrons. The molecule has 9 heteroatoms. The van der Waals surface area contributed by atoms with E-state index in [2.05, 4.69) is 24.9 Å². The second-order valence-corrected chi connectivity index (χ2v) is 5.92. The van der Waals surface area contributed by atoms with Crippen molar-refractivity contribution in [3.63, 3.8) is 0 Å². The van der Waals surface area contributed by atoms with Gasteiger partial charge in [0.05, 0.1) is 6.20 Å². The molecule has 0 fully saturated rings. The molecule has 0 amide bonds.